The van der Waals surface area contributed by atoms with Gasteiger partial charge in [-0.25, -0.2) is 4.39 Å². The number of benzene rings is 2. The predicted molar refractivity (Wildman–Crippen MR) is 75.2 cm³/mol. The van der Waals surface area contributed by atoms with E-state index in [2.05, 4.69) is 5.32 Å². The molecule has 1 N–H and O–H groups in total. The summed E-state index contributed by atoms with van der Waals surface area (Å²) >= 11 is 17.7. The van der Waals surface area contributed by atoms with E-state index in [1.807, 2.05) is 0 Å². The highest BCUT2D eigenvalue weighted by atomic mass is 35.5. The first-order chi connectivity index (χ1) is 8.58. The van der Waals surface area contributed by atoms with Crippen LogP contribution in [0.2, 0.25) is 15.1 Å². The summed E-state index contributed by atoms with van der Waals surface area (Å²) in [6.07, 6.45) is 0. The second-order valence-electron chi connectivity index (χ2n) is 3.69. The van der Waals surface area contributed by atoms with Crippen molar-refractivity contribution < 1.29 is 4.39 Å². The van der Waals surface area contributed by atoms with Crippen molar-refractivity contribution in [1.29, 1.82) is 0 Å². The Hall–Kier alpha value is -0.960. The number of halogens is 4. The molecule has 0 aliphatic heterocycles. The van der Waals surface area contributed by atoms with Crippen LogP contribution in [0.15, 0.2) is 36.4 Å². The summed E-state index contributed by atoms with van der Waals surface area (Å²) < 4.78 is 13.2. The van der Waals surface area contributed by atoms with Gasteiger partial charge in [-0.1, -0.05) is 46.9 Å². The molecule has 2 aromatic carbocycles. The van der Waals surface area contributed by atoms with Crippen LogP contribution >= 0.6 is 34.8 Å². The second kappa shape index (κ2) is 5.79. The van der Waals surface area contributed by atoms with Gasteiger partial charge >= 0.3 is 0 Å². The van der Waals surface area contributed by atoms with Crippen molar-refractivity contribution in [3.63, 3.8) is 0 Å². The maximum absolute atomic E-state index is 13.2. The van der Waals surface area contributed by atoms with E-state index in [4.69, 9.17) is 34.8 Å². The third kappa shape index (κ3) is 3.08. The lowest BCUT2D eigenvalue weighted by Crippen LogP contribution is -2.01. The molecule has 0 fully saturated rings. The molecule has 2 rings (SSSR count). The van der Waals surface area contributed by atoms with Crippen LogP contribution in [-0.2, 0) is 6.54 Å². The minimum absolute atomic E-state index is 0.120. The third-order valence-corrected chi connectivity index (χ3v) is 3.40. The van der Waals surface area contributed by atoms with Crippen molar-refractivity contribution in [2.24, 2.45) is 0 Å². The van der Waals surface area contributed by atoms with Crippen LogP contribution in [0.1, 0.15) is 5.56 Å². The van der Waals surface area contributed by atoms with E-state index >= 15 is 0 Å². The Morgan fingerprint density at radius 1 is 1.06 bits per heavy atom. The standard InChI is InChI=1S/C13H9Cl3FN/c14-9-4-5-12(10(15)6-9)18-7-8-2-1-3-11(17)13(8)16/h1-6,18H,7H2. The van der Waals surface area contributed by atoms with E-state index in [9.17, 15) is 4.39 Å². The highest BCUT2D eigenvalue weighted by molar-refractivity contribution is 6.36. The molecule has 0 spiro atoms. The Kier molecular flexibility index (Phi) is 4.33. The predicted octanol–water partition coefficient (Wildman–Crippen LogP) is 5.40. The summed E-state index contributed by atoms with van der Waals surface area (Å²) in [5.74, 6) is -0.432. The molecule has 5 heteroatoms. The average molecular weight is 305 g/mol. The fourth-order valence-corrected chi connectivity index (χ4v) is 2.18. The number of anilines is 1. The monoisotopic (exact) mass is 303 g/mol. The Morgan fingerprint density at radius 3 is 2.56 bits per heavy atom. The van der Waals surface area contributed by atoms with Crippen molar-refractivity contribution in [3.8, 4) is 0 Å². The quantitative estimate of drug-likeness (QED) is 0.800. The fourth-order valence-electron chi connectivity index (χ4n) is 1.51. The van der Waals surface area contributed by atoms with Gasteiger partial charge in [-0.15, -0.1) is 0 Å². The smallest absolute Gasteiger partial charge is 0.142 e. The first-order valence-corrected chi connectivity index (χ1v) is 6.33. The van der Waals surface area contributed by atoms with Crippen molar-refractivity contribution in [2.45, 2.75) is 6.54 Å². The lowest BCUT2D eigenvalue weighted by molar-refractivity contribution is 0.626. The molecular weight excluding hydrogens is 296 g/mol. The number of hydrogen-bond acceptors (Lipinski definition) is 1. The molecule has 94 valence electrons. The Balaban J connectivity index is 2.14. The van der Waals surface area contributed by atoms with Gasteiger partial charge in [0.2, 0.25) is 0 Å². The Bertz CT molecular complexity index is 572. The molecule has 1 nitrogen and oxygen atoms in total. The topological polar surface area (TPSA) is 12.0 Å². The zero-order chi connectivity index (χ0) is 13.1. The van der Waals surface area contributed by atoms with Crippen LogP contribution in [0.5, 0.6) is 0 Å². The second-order valence-corrected chi connectivity index (χ2v) is 4.91. The molecule has 0 saturated heterocycles. The minimum Gasteiger partial charge on any atom is -0.380 e. The molecule has 0 aromatic heterocycles. The first kappa shape index (κ1) is 13.5. The van der Waals surface area contributed by atoms with Gasteiger partial charge in [-0.05, 0) is 29.8 Å². The third-order valence-electron chi connectivity index (χ3n) is 2.43. The fraction of sp³-hybridized carbons (Fsp3) is 0.0769. The average Bonchev–Trinajstić information content (AvgIpc) is 2.33. The molecule has 2 aromatic rings. The maximum Gasteiger partial charge on any atom is 0.142 e. The summed E-state index contributed by atoms with van der Waals surface area (Å²) in [7, 11) is 0. The number of rotatable bonds is 3. The van der Waals surface area contributed by atoms with Crippen LogP contribution in [0.3, 0.4) is 0 Å². The van der Waals surface area contributed by atoms with Crippen molar-refractivity contribution in [1.82, 2.24) is 0 Å². The molecule has 0 atom stereocenters. The van der Waals surface area contributed by atoms with Gasteiger partial charge in [-0.3, -0.25) is 0 Å². The summed E-state index contributed by atoms with van der Waals surface area (Å²) in [5, 5.41) is 4.28. The van der Waals surface area contributed by atoms with Crippen molar-refractivity contribution in [2.75, 3.05) is 5.32 Å². The lowest BCUT2D eigenvalue weighted by atomic mass is 10.2. The molecule has 0 saturated carbocycles. The summed E-state index contributed by atoms with van der Waals surface area (Å²) in [4.78, 5) is 0. The normalized spacial score (nSPS) is 10.4. The zero-order valence-electron chi connectivity index (χ0n) is 9.18. The van der Waals surface area contributed by atoms with Gasteiger partial charge in [0.1, 0.15) is 5.82 Å². The van der Waals surface area contributed by atoms with E-state index in [-0.39, 0.29) is 5.02 Å². The van der Waals surface area contributed by atoms with Crippen molar-refractivity contribution >= 4 is 40.5 Å². The van der Waals surface area contributed by atoms with E-state index in [1.165, 1.54) is 6.07 Å². The van der Waals surface area contributed by atoms with E-state index < -0.39 is 5.82 Å². The first-order valence-electron chi connectivity index (χ1n) is 5.20. The van der Waals surface area contributed by atoms with Gasteiger partial charge in [0.15, 0.2) is 0 Å². The summed E-state index contributed by atoms with van der Waals surface area (Å²) in [6, 6.07) is 9.81. The summed E-state index contributed by atoms with van der Waals surface area (Å²) in [6.45, 7) is 0.387. The minimum atomic E-state index is -0.432. The Labute approximate surface area is 119 Å². The van der Waals surface area contributed by atoms with E-state index in [1.54, 1.807) is 30.3 Å². The van der Waals surface area contributed by atoms with Gasteiger partial charge in [-0.2, -0.15) is 0 Å². The molecule has 0 unspecified atom stereocenters. The van der Waals surface area contributed by atoms with Gasteiger partial charge in [0.05, 0.1) is 15.7 Å². The van der Waals surface area contributed by atoms with Gasteiger partial charge in [0, 0.05) is 11.6 Å². The van der Waals surface area contributed by atoms with Crippen LogP contribution in [0, 0.1) is 5.82 Å². The molecule has 0 bridgehead atoms. The van der Waals surface area contributed by atoms with Gasteiger partial charge < -0.3 is 5.32 Å². The highest BCUT2D eigenvalue weighted by Gasteiger charge is 2.06. The van der Waals surface area contributed by atoms with Crippen molar-refractivity contribution in [3.05, 3.63) is 62.8 Å². The maximum atomic E-state index is 13.2. The molecule has 0 radical (unpaired) electrons. The molecule has 0 aliphatic rings. The molecular formula is C13H9Cl3FN. The zero-order valence-corrected chi connectivity index (χ0v) is 11.5. The lowest BCUT2D eigenvalue weighted by Gasteiger charge is -2.10. The molecule has 0 heterocycles. The molecule has 0 amide bonds. The van der Waals surface area contributed by atoms with Crippen LogP contribution in [0.25, 0.3) is 0 Å². The number of nitrogens with one attached hydrogen (secondary N) is 1. The van der Waals surface area contributed by atoms with Crippen LogP contribution in [-0.4, -0.2) is 0 Å². The highest BCUT2D eigenvalue weighted by Crippen LogP contribution is 2.27. The number of hydrogen-bond donors (Lipinski definition) is 1. The van der Waals surface area contributed by atoms with Crippen LogP contribution in [0.4, 0.5) is 10.1 Å². The largest absolute Gasteiger partial charge is 0.380 e. The van der Waals surface area contributed by atoms with Gasteiger partial charge in [0.25, 0.3) is 0 Å². The Morgan fingerprint density at radius 2 is 1.83 bits per heavy atom. The summed E-state index contributed by atoms with van der Waals surface area (Å²) in [5.41, 5.74) is 1.39. The van der Waals surface area contributed by atoms with E-state index in [0.29, 0.717) is 22.2 Å². The SMILES string of the molecule is Fc1cccc(CNc2ccc(Cl)cc2Cl)c1Cl. The van der Waals surface area contributed by atoms with Crippen LogP contribution < -0.4 is 5.32 Å². The molecule has 18 heavy (non-hydrogen) atoms. The molecule has 0 aliphatic carbocycles. The van der Waals surface area contributed by atoms with E-state index in [0.717, 1.165) is 5.69 Å².